The van der Waals surface area contributed by atoms with E-state index in [1.54, 1.807) is 12.3 Å². The van der Waals surface area contributed by atoms with Crippen LogP contribution in [-0.2, 0) is 6.54 Å². The van der Waals surface area contributed by atoms with Gasteiger partial charge < -0.3 is 4.57 Å². The molecule has 0 bridgehead atoms. The Morgan fingerprint density at radius 3 is 2.85 bits per heavy atom. The van der Waals surface area contributed by atoms with Gasteiger partial charge in [0.05, 0.1) is 23.5 Å². The SMILES string of the molecule is CCn1c(-c2cnnc(Cl)c2)cc2ccc(C#N)cc21. The molecule has 3 rings (SSSR count). The lowest BCUT2D eigenvalue weighted by molar-refractivity contribution is 0.804. The minimum Gasteiger partial charge on any atom is -0.341 e. The first kappa shape index (κ1) is 12.6. The van der Waals surface area contributed by atoms with Crippen molar-refractivity contribution in [2.24, 2.45) is 0 Å². The van der Waals surface area contributed by atoms with Crippen molar-refractivity contribution in [3.63, 3.8) is 0 Å². The van der Waals surface area contributed by atoms with Gasteiger partial charge in [0.1, 0.15) is 0 Å². The van der Waals surface area contributed by atoms with Gasteiger partial charge in [0, 0.05) is 23.0 Å². The maximum absolute atomic E-state index is 9.03. The summed E-state index contributed by atoms with van der Waals surface area (Å²) in [5.74, 6) is 0. The van der Waals surface area contributed by atoms with Gasteiger partial charge in [-0.15, -0.1) is 5.10 Å². The molecule has 0 spiro atoms. The van der Waals surface area contributed by atoms with Crippen molar-refractivity contribution >= 4 is 22.5 Å². The molecular weight excluding hydrogens is 272 g/mol. The lowest BCUT2D eigenvalue weighted by Crippen LogP contribution is -1.97. The van der Waals surface area contributed by atoms with Gasteiger partial charge in [0.15, 0.2) is 5.15 Å². The van der Waals surface area contributed by atoms with Gasteiger partial charge in [-0.2, -0.15) is 10.4 Å². The zero-order valence-electron chi connectivity index (χ0n) is 10.8. The first-order valence-electron chi connectivity index (χ1n) is 6.25. The van der Waals surface area contributed by atoms with E-state index in [1.807, 2.05) is 18.2 Å². The van der Waals surface area contributed by atoms with Gasteiger partial charge in [0.2, 0.25) is 0 Å². The largest absolute Gasteiger partial charge is 0.341 e. The monoisotopic (exact) mass is 282 g/mol. The molecule has 1 aromatic carbocycles. The fraction of sp³-hybridized carbons (Fsp3) is 0.133. The smallest absolute Gasteiger partial charge is 0.152 e. The number of aryl methyl sites for hydroxylation is 1. The first-order valence-corrected chi connectivity index (χ1v) is 6.62. The number of rotatable bonds is 2. The fourth-order valence-corrected chi connectivity index (χ4v) is 2.55. The molecule has 0 saturated heterocycles. The highest BCUT2D eigenvalue weighted by atomic mass is 35.5. The van der Waals surface area contributed by atoms with E-state index in [9.17, 15) is 0 Å². The summed E-state index contributed by atoms with van der Waals surface area (Å²) in [6, 6.07) is 11.7. The van der Waals surface area contributed by atoms with Crippen molar-refractivity contribution in [3.8, 4) is 17.3 Å². The Bertz CT molecular complexity index is 829. The van der Waals surface area contributed by atoms with Crippen LogP contribution in [0.15, 0.2) is 36.5 Å². The van der Waals surface area contributed by atoms with Crippen molar-refractivity contribution < 1.29 is 0 Å². The summed E-state index contributed by atoms with van der Waals surface area (Å²) in [6.07, 6.45) is 1.69. The average molecular weight is 283 g/mol. The van der Waals surface area contributed by atoms with Crippen molar-refractivity contribution in [3.05, 3.63) is 47.2 Å². The van der Waals surface area contributed by atoms with E-state index in [0.717, 1.165) is 28.7 Å². The number of nitrogens with zero attached hydrogens (tertiary/aromatic N) is 4. The summed E-state index contributed by atoms with van der Waals surface area (Å²) < 4.78 is 2.14. The lowest BCUT2D eigenvalue weighted by Gasteiger charge is -2.07. The number of hydrogen-bond donors (Lipinski definition) is 0. The molecule has 0 aliphatic heterocycles. The summed E-state index contributed by atoms with van der Waals surface area (Å²) in [4.78, 5) is 0. The van der Waals surface area contributed by atoms with Crippen LogP contribution in [0.3, 0.4) is 0 Å². The molecule has 0 aliphatic rings. The Kier molecular flexibility index (Phi) is 3.13. The Labute approximate surface area is 121 Å². The molecule has 2 heterocycles. The molecule has 0 N–H and O–H groups in total. The van der Waals surface area contributed by atoms with Gasteiger partial charge in [-0.1, -0.05) is 17.7 Å². The zero-order chi connectivity index (χ0) is 14.1. The first-order chi connectivity index (χ1) is 9.72. The van der Waals surface area contributed by atoms with Crippen LogP contribution in [0.1, 0.15) is 12.5 Å². The standard InChI is InChI=1S/C15H11ClN4/c1-2-20-13-5-10(8-17)3-4-11(13)6-14(20)12-7-15(16)19-18-9-12/h3-7,9H,2H2,1H3. The Morgan fingerprint density at radius 2 is 2.15 bits per heavy atom. The molecule has 20 heavy (non-hydrogen) atoms. The third-order valence-electron chi connectivity index (χ3n) is 3.27. The molecule has 3 aromatic rings. The van der Waals surface area contributed by atoms with Crippen molar-refractivity contribution in [1.82, 2.24) is 14.8 Å². The number of hydrogen-bond acceptors (Lipinski definition) is 3. The Balaban J connectivity index is 2.29. The second-order valence-corrected chi connectivity index (χ2v) is 4.81. The highest BCUT2D eigenvalue weighted by Gasteiger charge is 2.11. The van der Waals surface area contributed by atoms with Crippen LogP contribution in [0.4, 0.5) is 0 Å². The molecule has 0 radical (unpaired) electrons. The van der Waals surface area contributed by atoms with E-state index >= 15 is 0 Å². The number of aromatic nitrogens is 3. The quantitative estimate of drug-likeness (QED) is 0.721. The topological polar surface area (TPSA) is 54.5 Å². The molecule has 0 fully saturated rings. The van der Waals surface area contributed by atoms with Gasteiger partial charge in [-0.25, -0.2) is 0 Å². The third kappa shape index (κ3) is 2.02. The third-order valence-corrected chi connectivity index (χ3v) is 3.45. The molecule has 0 unspecified atom stereocenters. The van der Waals surface area contributed by atoms with Crippen LogP contribution < -0.4 is 0 Å². The molecule has 4 nitrogen and oxygen atoms in total. The van der Waals surface area contributed by atoms with Crippen LogP contribution in [0, 0.1) is 11.3 Å². The minimum atomic E-state index is 0.369. The molecule has 0 atom stereocenters. The predicted molar refractivity (Wildman–Crippen MR) is 78.4 cm³/mol. The maximum Gasteiger partial charge on any atom is 0.152 e. The van der Waals surface area contributed by atoms with Gasteiger partial charge in [-0.05, 0) is 31.2 Å². The molecule has 0 amide bonds. The highest BCUT2D eigenvalue weighted by molar-refractivity contribution is 6.29. The molecule has 98 valence electrons. The molecule has 2 aromatic heterocycles. The van der Waals surface area contributed by atoms with Crippen molar-refractivity contribution in [2.75, 3.05) is 0 Å². The molecular formula is C15H11ClN4. The van der Waals surface area contributed by atoms with Crippen LogP contribution >= 0.6 is 11.6 Å². The second kappa shape index (κ2) is 4.95. The second-order valence-electron chi connectivity index (χ2n) is 4.43. The van der Waals surface area contributed by atoms with E-state index in [0.29, 0.717) is 10.7 Å². The van der Waals surface area contributed by atoms with Gasteiger partial charge in [0.25, 0.3) is 0 Å². The molecule has 5 heteroatoms. The number of halogens is 1. The molecule has 0 saturated carbocycles. The van der Waals surface area contributed by atoms with E-state index in [2.05, 4.69) is 33.8 Å². The van der Waals surface area contributed by atoms with Gasteiger partial charge >= 0.3 is 0 Å². The summed E-state index contributed by atoms with van der Waals surface area (Å²) in [5.41, 5.74) is 3.63. The highest BCUT2D eigenvalue weighted by Crippen LogP contribution is 2.29. The van der Waals surface area contributed by atoms with Crippen molar-refractivity contribution in [2.45, 2.75) is 13.5 Å². The summed E-state index contributed by atoms with van der Waals surface area (Å²) in [7, 11) is 0. The Morgan fingerprint density at radius 1 is 1.30 bits per heavy atom. The average Bonchev–Trinajstić information content (AvgIpc) is 2.84. The van der Waals surface area contributed by atoms with Crippen molar-refractivity contribution in [1.29, 1.82) is 5.26 Å². The van der Waals surface area contributed by atoms with Crippen LogP contribution in [0.5, 0.6) is 0 Å². The lowest BCUT2D eigenvalue weighted by atomic mass is 10.1. The number of fused-ring (bicyclic) bond motifs is 1. The van der Waals surface area contributed by atoms with E-state index in [-0.39, 0.29) is 0 Å². The van der Waals surface area contributed by atoms with E-state index in [4.69, 9.17) is 16.9 Å². The summed E-state index contributed by atoms with van der Waals surface area (Å²) in [6.45, 7) is 2.87. The summed E-state index contributed by atoms with van der Waals surface area (Å²) >= 11 is 5.91. The predicted octanol–water partition coefficient (Wildman–Crippen LogP) is 3.64. The number of nitriles is 1. The zero-order valence-corrected chi connectivity index (χ0v) is 11.6. The minimum absolute atomic E-state index is 0.369. The van der Waals surface area contributed by atoms with Crippen LogP contribution in [-0.4, -0.2) is 14.8 Å². The van der Waals surface area contributed by atoms with E-state index in [1.165, 1.54) is 0 Å². The molecule has 0 aliphatic carbocycles. The number of benzene rings is 1. The summed E-state index contributed by atoms with van der Waals surface area (Å²) in [5, 5.41) is 18.1. The van der Waals surface area contributed by atoms with Crippen LogP contribution in [0.25, 0.3) is 22.2 Å². The van der Waals surface area contributed by atoms with Gasteiger partial charge in [-0.3, -0.25) is 0 Å². The van der Waals surface area contributed by atoms with Crippen LogP contribution in [0.2, 0.25) is 5.15 Å². The van der Waals surface area contributed by atoms with E-state index < -0.39 is 0 Å². The normalized spacial score (nSPS) is 10.7. The Hall–Kier alpha value is -2.38. The fourth-order valence-electron chi connectivity index (χ4n) is 2.38. The maximum atomic E-state index is 9.03.